The maximum absolute atomic E-state index is 12.5. The fourth-order valence-corrected chi connectivity index (χ4v) is 2.83. The van der Waals surface area contributed by atoms with Crippen molar-refractivity contribution in [3.63, 3.8) is 0 Å². The summed E-state index contributed by atoms with van der Waals surface area (Å²) in [7, 11) is 1.89. The molecule has 2 nitrogen and oxygen atoms in total. The summed E-state index contributed by atoms with van der Waals surface area (Å²) in [5.74, 6) is 0.405. The van der Waals surface area contributed by atoms with Crippen molar-refractivity contribution in [1.29, 1.82) is 0 Å². The van der Waals surface area contributed by atoms with Gasteiger partial charge in [0, 0.05) is 18.6 Å². The molecule has 1 heterocycles. The zero-order valence-electron chi connectivity index (χ0n) is 11.7. The molecule has 1 aromatic carbocycles. The lowest BCUT2D eigenvalue weighted by Crippen LogP contribution is -2.38. The SMILES string of the molecule is CNC(Cc1ccc(C(F)(F)F)cc1)C1CCOC1C. The Kier molecular flexibility index (Phi) is 4.70. The molecule has 0 amide bonds. The first kappa shape index (κ1) is 15.3. The number of nitrogens with one attached hydrogen (secondary N) is 1. The van der Waals surface area contributed by atoms with E-state index in [1.807, 2.05) is 7.05 Å². The van der Waals surface area contributed by atoms with E-state index in [0.29, 0.717) is 12.3 Å². The average molecular weight is 287 g/mol. The van der Waals surface area contributed by atoms with Crippen LogP contribution in [0.3, 0.4) is 0 Å². The average Bonchev–Trinajstić information content (AvgIpc) is 2.82. The summed E-state index contributed by atoms with van der Waals surface area (Å²) in [4.78, 5) is 0. The first-order valence-corrected chi connectivity index (χ1v) is 6.87. The lowest BCUT2D eigenvalue weighted by molar-refractivity contribution is -0.137. The van der Waals surface area contributed by atoms with Gasteiger partial charge >= 0.3 is 6.18 Å². The van der Waals surface area contributed by atoms with Crippen molar-refractivity contribution >= 4 is 0 Å². The van der Waals surface area contributed by atoms with Gasteiger partial charge in [0.25, 0.3) is 0 Å². The molecule has 0 spiro atoms. The number of hydrogen-bond donors (Lipinski definition) is 1. The van der Waals surface area contributed by atoms with Crippen LogP contribution in [-0.2, 0) is 17.3 Å². The Labute approximate surface area is 117 Å². The highest BCUT2D eigenvalue weighted by Crippen LogP contribution is 2.30. The Balaban J connectivity index is 2.04. The van der Waals surface area contributed by atoms with Gasteiger partial charge in [-0.25, -0.2) is 0 Å². The van der Waals surface area contributed by atoms with Gasteiger partial charge in [-0.15, -0.1) is 0 Å². The van der Waals surface area contributed by atoms with Crippen molar-refractivity contribution < 1.29 is 17.9 Å². The maximum Gasteiger partial charge on any atom is 0.416 e. The molecule has 20 heavy (non-hydrogen) atoms. The number of ether oxygens (including phenoxy) is 1. The number of benzene rings is 1. The maximum atomic E-state index is 12.5. The number of rotatable bonds is 4. The molecule has 3 atom stereocenters. The number of hydrogen-bond acceptors (Lipinski definition) is 2. The van der Waals surface area contributed by atoms with E-state index in [9.17, 15) is 13.2 Å². The highest BCUT2D eigenvalue weighted by atomic mass is 19.4. The molecule has 0 bridgehead atoms. The largest absolute Gasteiger partial charge is 0.416 e. The van der Waals surface area contributed by atoms with Crippen LogP contribution in [0.2, 0.25) is 0 Å². The second-order valence-electron chi connectivity index (χ2n) is 5.32. The van der Waals surface area contributed by atoms with Gasteiger partial charge in [-0.1, -0.05) is 12.1 Å². The van der Waals surface area contributed by atoms with Crippen molar-refractivity contribution in [3.8, 4) is 0 Å². The highest BCUT2D eigenvalue weighted by Gasteiger charge is 2.32. The van der Waals surface area contributed by atoms with Crippen LogP contribution in [0.1, 0.15) is 24.5 Å². The van der Waals surface area contributed by atoms with Crippen molar-refractivity contribution in [1.82, 2.24) is 5.32 Å². The van der Waals surface area contributed by atoms with Crippen molar-refractivity contribution in [2.45, 2.75) is 38.1 Å². The van der Waals surface area contributed by atoms with E-state index in [4.69, 9.17) is 4.74 Å². The van der Waals surface area contributed by atoms with Crippen molar-refractivity contribution in [3.05, 3.63) is 35.4 Å². The van der Waals surface area contributed by atoms with Crippen molar-refractivity contribution in [2.24, 2.45) is 5.92 Å². The summed E-state index contributed by atoms with van der Waals surface area (Å²) in [6, 6.07) is 5.65. The lowest BCUT2D eigenvalue weighted by Gasteiger charge is -2.25. The Bertz CT molecular complexity index is 430. The van der Waals surface area contributed by atoms with Crippen LogP contribution in [-0.4, -0.2) is 25.8 Å². The summed E-state index contributed by atoms with van der Waals surface area (Å²) < 4.78 is 43.1. The van der Waals surface area contributed by atoms with Gasteiger partial charge < -0.3 is 10.1 Å². The van der Waals surface area contributed by atoms with Crippen LogP contribution < -0.4 is 5.32 Å². The molecular formula is C15H20F3NO. The molecule has 1 aromatic rings. The van der Waals surface area contributed by atoms with E-state index in [1.165, 1.54) is 0 Å². The Hall–Kier alpha value is -1.07. The molecular weight excluding hydrogens is 267 g/mol. The first-order valence-electron chi connectivity index (χ1n) is 6.87. The Morgan fingerprint density at radius 1 is 1.30 bits per heavy atom. The van der Waals surface area contributed by atoms with Crippen LogP contribution in [0.15, 0.2) is 24.3 Å². The molecule has 3 unspecified atom stereocenters. The third-order valence-corrected chi connectivity index (χ3v) is 4.06. The molecule has 112 valence electrons. The van der Waals surface area contributed by atoms with E-state index in [0.717, 1.165) is 30.7 Å². The van der Waals surface area contributed by atoms with E-state index >= 15 is 0 Å². The second kappa shape index (κ2) is 6.14. The minimum absolute atomic E-state index is 0.196. The highest BCUT2D eigenvalue weighted by molar-refractivity contribution is 5.25. The van der Waals surface area contributed by atoms with Gasteiger partial charge in [-0.05, 0) is 44.5 Å². The van der Waals surface area contributed by atoms with Crippen LogP contribution in [0.5, 0.6) is 0 Å². The molecule has 0 aromatic heterocycles. The summed E-state index contributed by atoms with van der Waals surface area (Å²) in [6.07, 6.45) is -2.36. The molecule has 1 saturated heterocycles. The van der Waals surface area contributed by atoms with Crippen LogP contribution >= 0.6 is 0 Å². The van der Waals surface area contributed by atoms with E-state index in [2.05, 4.69) is 12.2 Å². The predicted molar refractivity (Wildman–Crippen MR) is 71.5 cm³/mol. The fourth-order valence-electron chi connectivity index (χ4n) is 2.83. The molecule has 5 heteroatoms. The van der Waals surface area contributed by atoms with E-state index in [1.54, 1.807) is 12.1 Å². The smallest absolute Gasteiger partial charge is 0.378 e. The molecule has 0 aliphatic carbocycles. The van der Waals surface area contributed by atoms with Gasteiger partial charge in [0.15, 0.2) is 0 Å². The molecule has 1 fully saturated rings. The zero-order chi connectivity index (χ0) is 14.8. The minimum Gasteiger partial charge on any atom is -0.378 e. The molecule has 1 N–H and O–H groups in total. The molecule has 2 rings (SSSR count). The van der Waals surface area contributed by atoms with Gasteiger partial charge in [-0.3, -0.25) is 0 Å². The molecule has 1 aliphatic heterocycles. The van der Waals surface area contributed by atoms with Gasteiger partial charge in [-0.2, -0.15) is 13.2 Å². The topological polar surface area (TPSA) is 21.3 Å². The van der Waals surface area contributed by atoms with Crippen LogP contribution in [0.25, 0.3) is 0 Å². The van der Waals surface area contributed by atoms with Crippen molar-refractivity contribution in [2.75, 3.05) is 13.7 Å². The third kappa shape index (κ3) is 3.52. The second-order valence-corrected chi connectivity index (χ2v) is 5.32. The zero-order valence-corrected chi connectivity index (χ0v) is 11.7. The number of alkyl halides is 3. The molecule has 0 saturated carbocycles. The third-order valence-electron chi connectivity index (χ3n) is 4.06. The predicted octanol–water partition coefficient (Wildman–Crippen LogP) is 3.26. The molecule has 0 radical (unpaired) electrons. The first-order chi connectivity index (χ1) is 9.41. The van der Waals surface area contributed by atoms with Gasteiger partial charge in [0.05, 0.1) is 11.7 Å². The quantitative estimate of drug-likeness (QED) is 0.917. The normalized spacial score (nSPS) is 24.9. The monoisotopic (exact) mass is 287 g/mol. The molecule has 1 aliphatic rings. The Morgan fingerprint density at radius 3 is 2.40 bits per heavy atom. The number of likely N-dealkylation sites (N-methyl/N-ethyl adjacent to an activating group) is 1. The van der Waals surface area contributed by atoms with Crippen LogP contribution in [0.4, 0.5) is 13.2 Å². The summed E-state index contributed by atoms with van der Waals surface area (Å²) in [5, 5.41) is 3.27. The number of halogens is 3. The van der Waals surface area contributed by atoms with Gasteiger partial charge in [0.2, 0.25) is 0 Å². The minimum atomic E-state index is -4.27. The van der Waals surface area contributed by atoms with Crippen LogP contribution in [0, 0.1) is 5.92 Å². The van der Waals surface area contributed by atoms with E-state index < -0.39 is 11.7 Å². The van der Waals surface area contributed by atoms with Gasteiger partial charge in [0.1, 0.15) is 0 Å². The summed E-state index contributed by atoms with van der Waals surface area (Å²) in [6.45, 7) is 2.81. The standard InChI is InChI=1S/C15H20F3NO/c1-10-13(7-8-20-10)14(19-2)9-11-3-5-12(6-4-11)15(16,17)18/h3-6,10,13-14,19H,7-9H2,1-2H3. The van der Waals surface area contributed by atoms with E-state index in [-0.39, 0.29) is 12.1 Å². The lowest BCUT2D eigenvalue weighted by atomic mass is 9.89. The fraction of sp³-hybridized carbons (Fsp3) is 0.600. The summed E-state index contributed by atoms with van der Waals surface area (Å²) in [5.41, 5.74) is 0.316. The Morgan fingerprint density at radius 2 is 1.95 bits per heavy atom. The summed E-state index contributed by atoms with van der Waals surface area (Å²) >= 11 is 0.